The summed E-state index contributed by atoms with van der Waals surface area (Å²) in [4.78, 5) is 16.3. The molecule has 3 aromatic rings. The highest BCUT2D eigenvalue weighted by molar-refractivity contribution is 9.10. The third kappa shape index (κ3) is 3.76. The molecular formula is C17H9BrClF3N2O2. The van der Waals surface area contributed by atoms with Crippen LogP contribution in [0.5, 0.6) is 0 Å². The molecule has 26 heavy (non-hydrogen) atoms. The van der Waals surface area contributed by atoms with Gasteiger partial charge in [-0.25, -0.2) is 4.98 Å². The van der Waals surface area contributed by atoms with Crippen LogP contribution >= 0.6 is 27.5 Å². The van der Waals surface area contributed by atoms with Gasteiger partial charge < -0.3 is 9.73 Å². The van der Waals surface area contributed by atoms with Gasteiger partial charge >= 0.3 is 6.18 Å². The molecule has 9 heteroatoms. The lowest BCUT2D eigenvalue weighted by Crippen LogP contribution is -2.17. The van der Waals surface area contributed by atoms with Crippen molar-refractivity contribution in [2.24, 2.45) is 0 Å². The molecule has 1 aromatic heterocycles. The van der Waals surface area contributed by atoms with Crippen molar-refractivity contribution in [1.82, 2.24) is 4.98 Å². The second-order valence-corrected chi connectivity index (χ2v) is 6.47. The van der Waals surface area contributed by atoms with Crippen LogP contribution in [0.1, 0.15) is 16.1 Å². The van der Waals surface area contributed by atoms with Crippen LogP contribution in [0.4, 0.5) is 18.9 Å². The summed E-state index contributed by atoms with van der Waals surface area (Å²) in [5.41, 5.74) is -1.14. The molecule has 3 rings (SSSR count). The van der Waals surface area contributed by atoms with E-state index in [-0.39, 0.29) is 21.6 Å². The Morgan fingerprint density at radius 1 is 1.19 bits per heavy atom. The first-order valence-electron chi connectivity index (χ1n) is 7.14. The van der Waals surface area contributed by atoms with Gasteiger partial charge in [0.25, 0.3) is 5.91 Å². The molecule has 0 unspecified atom stereocenters. The molecule has 0 saturated heterocycles. The number of alkyl halides is 3. The van der Waals surface area contributed by atoms with Gasteiger partial charge in [0.1, 0.15) is 0 Å². The largest absolute Gasteiger partial charge is 0.443 e. The maximum atomic E-state index is 13.2. The fraction of sp³-hybridized carbons (Fsp3) is 0.0588. The van der Waals surface area contributed by atoms with Crippen LogP contribution in [0.2, 0.25) is 5.02 Å². The molecule has 0 bridgehead atoms. The lowest BCUT2D eigenvalue weighted by Gasteiger charge is -2.14. The van der Waals surface area contributed by atoms with Crippen LogP contribution in [-0.2, 0) is 6.18 Å². The second-order valence-electron chi connectivity index (χ2n) is 5.15. The Balaban J connectivity index is 1.97. The number of carbonyl (C=O) groups excluding carboxylic acids is 1. The van der Waals surface area contributed by atoms with E-state index in [0.717, 1.165) is 18.5 Å². The van der Waals surface area contributed by atoms with Gasteiger partial charge in [0.15, 0.2) is 17.8 Å². The number of anilines is 1. The summed E-state index contributed by atoms with van der Waals surface area (Å²) in [6.07, 6.45) is -3.61. The Kier molecular flexibility index (Phi) is 5.06. The minimum absolute atomic E-state index is 0.0683. The summed E-state index contributed by atoms with van der Waals surface area (Å²) < 4.78 is 45.0. The SMILES string of the molecule is O=C(Nc1ccc(Br)cc1C(F)(F)F)c1ncoc1-c1ccccc1Cl. The molecule has 0 fully saturated rings. The Morgan fingerprint density at radius 2 is 1.92 bits per heavy atom. The number of amides is 1. The van der Waals surface area contributed by atoms with Gasteiger partial charge in [0.05, 0.1) is 16.3 Å². The third-order valence-corrected chi connectivity index (χ3v) is 4.26. The van der Waals surface area contributed by atoms with Crippen molar-refractivity contribution in [3.05, 3.63) is 69.6 Å². The molecule has 0 spiro atoms. The highest BCUT2D eigenvalue weighted by atomic mass is 79.9. The van der Waals surface area contributed by atoms with E-state index >= 15 is 0 Å². The zero-order valence-electron chi connectivity index (χ0n) is 12.8. The van der Waals surface area contributed by atoms with Gasteiger partial charge in [0.2, 0.25) is 0 Å². The first-order chi connectivity index (χ1) is 12.3. The lowest BCUT2D eigenvalue weighted by molar-refractivity contribution is -0.136. The summed E-state index contributed by atoms with van der Waals surface area (Å²) in [6, 6.07) is 10.0. The van der Waals surface area contributed by atoms with Crippen LogP contribution in [0.15, 0.2) is 57.7 Å². The van der Waals surface area contributed by atoms with Crippen molar-refractivity contribution in [3.63, 3.8) is 0 Å². The normalized spacial score (nSPS) is 11.4. The van der Waals surface area contributed by atoms with E-state index < -0.39 is 17.6 Å². The van der Waals surface area contributed by atoms with E-state index in [0.29, 0.717) is 10.6 Å². The van der Waals surface area contributed by atoms with E-state index in [4.69, 9.17) is 16.0 Å². The topological polar surface area (TPSA) is 55.1 Å². The summed E-state index contributed by atoms with van der Waals surface area (Å²) in [5, 5.41) is 2.55. The molecular weight excluding hydrogens is 437 g/mol. The molecule has 0 saturated carbocycles. The molecule has 0 aliphatic heterocycles. The molecule has 0 aliphatic carbocycles. The number of hydrogen-bond acceptors (Lipinski definition) is 3. The average Bonchev–Trinajstić information content (AvgIpc) is 3.05. The Morgan fingerprint density at radius 3 is 2.62 bits per heavy atom. The van der Waals surface area contributed by atoms with Crippen LogP contribution in [0.3, 0.4) is 0 Å². The number of carbonyl (C=O) groups is 1. The second kappa shape index (κ2) is 7.13. The minimum Gasteiger partial charge on any atom is -0.443 e. The van der Waals surface area contributed by atoms with Crippen molar-refractivity contribution < 1.29 is 22.4 Å². The molecule has 1 amide bonds. The summed E-state index contributed by atoms with van der Waals surface area (Å²) in [6.45, 7) is 0. The number of benzene rings is 2. The average molecular weight is 446 g/mol. The van der Waals surface area contributed by atoms with Crippen molar-refractivity contribution in [3.8, 4) is 11.3 Å². The van der Waals surface area contributed by atoms with Gasteiger partial charge in [-0.05, 0) is 30.3 Å². The smallest absolute Gasteiger partial charge is 0.418 e. The molecule has 1 heterocycles. The van der Waals surface area contributed by atoms with Crippen molar-refractivity contribution in [1.29, 1.82) is 0 Å². The van der Waals surface area contributed by atoms with Gasteiger partial charge in [-0.2, -0.15) is 13.2 Å². The fourth-order valence-electron chi connectivity index (χ4n) is 2.29. The number of nitrogens with one attached hydrogen (secondary N) is 1. The van der Waals surface area contributed by atoms with E-state index in [1.807, 2.05) is 0 Å². The molecule has 2 aromatic carbocycles. The zero-order valence-corrected chi connectivity index (χ0v) is 15.1. The van der Waals surface area contributed by atoms with E-state index in [1.54, 1.807) is 24.3 Å². The minimum atomic E-state index is -4.64. The number of halogens is 5. The van der Waals surface area contributed by atoms with Gasteiger partial charge in [-0.1, -0.05) is 39.7 Å². The van der Waals surface area contributed by atoms with E-state index in [9.17, 15) is 18.0 Å². The number of nitrogens with zero attached hydrogens (tertiary/aromatic N) is 1. The summed E-state index contributed by atoms with van der Waals surface area (Å²) >= 11 is 9.07. The summed E-state index contributed by atoms with van der Waals surface area (Å²) in [5.74, 6) is -0.778. The standard InChI is InChI=1S/C17H9BrClF3N2O2/c18-9-5-6-13(11(7-9)17(20,21)22)24-16(25)14-15(26-8-23-14)10-3-1-2-4-12(10)19/h1-8H,(H,24,25). The van der Waals surface area contributed by atoms with E-state index in [2.05, 4.69) is 26.2 Å². The van der Waals surface area contributed by atoms with Crippen LogP contribution < -0.4 is 5.32 Å². The number of oxazole rings is 1. The molecule has 0 atom stereocenters. The van der Waals surface area contributed by atoms with Gasteiger partial charge in [-0.15, -0.1) is 0 Å². The van der Waals surface area contributed by atoms with Gasteiger partial charge in [-0.3, -0.25) is 4.79 Å². The first kappa shape index (κ1) is 18.5. The Bertz CT molecular complexity index is 973. The monoisotopic (exact) mass is 444 g/mol. The predicted molar refractivity (Wildman–Crippen MR) is 94.0 cm³/mol. The van der Waals surface area contributed by atoms with Crippen LogP contribution in [-0.4, -0.2) is 10.9 Å². The van der Waals surface area contributed by atoms with E-state index in [1.165, 1.54) is 6.07 Å². The number of hydrogen-bond donors (Lipinski definition) is 1. The van der Waals surface area contributed by atoms with Crippen LogP contribution in [0.25, 0.3) is 11.3 Å². The highest BCUT2D eigenvalue weighted by Crippen LogP contribution is 2.37. The molecule has 4 nitrogen and oxygen atoms in total. The van der Waals surface area contributed by atoms with Gasteiger partial charge in [0, 0.05) is 10.0 Å². The molecule has 0 radical (unpaired) electrons. The molecule has 0 aliphatic rings. The van der Waals surface area contributed by atoms with Crippen molar-refractivity contribution in [2.75, 3.05) is 5.32 Å². The molecule has 1 N–H and O–H groups in total. The number of rotatable bonds is 3. The molecule has 134 valence electrons. The third-order valence-electron chi connectivity index (χ3n) is 3.44. The van der Waals surface area contributed by atoms with Crippen LogP contribution in [0, 0.1) is 0 Å². The first-order valence-corrected chi connectivity index (χ1v) is 8.31. The number of aromatic nitrogens is 1. The fourth-order valence-corrected chi connectivity index (χ4v) is 2.87. The van der Waals surface area contributed by atoms with Crippen molar-refractivity contribution in [2.45, 2.75) is 6.18 Å². The predicted octanol–water partition coefficient (Wildman–Crippen LogP) is 6.03. The lowest BCUT2D eigenvalue weighted by atomic mass is 10.1. The quantitative estimate of drug-likeness (QED) is 0.536. The highest BCUT2D eigenvalue weighted by Gasteiger charge is 2.34. The van der Waals surface area contributed by atoms with Crippen molar-refractivity contribution >= 4 is 39.1 Å². The summed E-state index contributed by atoms with van der Waals surface area (Å²) in [7, 11) is 0. The maximum absolute atomic E-state index is 13.2. The maximum Gasteiger partial charge on any atom is 0.418 e. The Labute approximate surface area is 159 Å². The Hall–Kier alpha value is -2.32. The zero-order chi connectivity index (χ0) is 18.9.